The number of hydrogen-bond acceptors (Lipinski definition) is 5. The summed E-state index contributed by atoms with van der Waals surface area (Å²) in [6.07, 6.45) is 2.26. The lowest BCUT2D eigenvalue weighted by molar-refractivity contribution is -0.134. The molecule has 1 amide bonds. The van der Waals surface area contributed by atoms with E-state index in [0.717, 1.165) is 12.2 Å². The Labute approximate surface area is 191 Å². The molecule has 1 aliphatic rings. The summed E-state index contributed by atoms with van der Waals surface area (Å²) in [6, 6.07) is 14.8. The van der Waals surface area contributed by atoms with Crippen LogP contribution in [0.3, 0.4) is 0 Å². The van der Waals surface area contributed by atoms with Gasteiger partial charge in [0.1, 0.15) is 0 Å². The molecule has 0 atom stereocenters. The lowest BCUT2D eigenvalue weighted by Crippen LogP contribution is -2.51. The second kappa shape index (κ2) is 9.30. The van der Waals surface area contributed by atoms with E-state index in [1.807, 2.05) is 42.2 Å². The van der Waals surface area contributed by atoms with Gasteiger partial charge >= 0.3 is 0 Å². The third-order valence-electron chi connectivity index (χ3n) is 6.13. The van der Waals surface area contributed by atoms with Crippen LogP contribution in [-0.4, -0.2) is 57.2 Å². The predicted octanol–water partition coefficient (Wildman–Crippen LogP) is 2.93. The summed E-state index contributed by atoms with van der Waals surface area (Å²) in [6.45, 7) is 4.11. The number of likely N-dealkylation sites (N-methyl/N-ethyl adjacent to an activating group) is 1. The van der Waals surface area contributed by atoms with E-state index < -0.39 is 5.60 Å². The van der Waals surface area contributed by atoms with Crippen LogP contribution in [0.15, 0.2) is 59.7 Å². The molecule has 0 radical (unpaired) electrons. The number of halogens is 1. The molecule has 1 aliphatic heterocycles. The van der Waals surface area contributed by atoms with E-state index in [1.54, 1.807) is 23.1 Å². The lowest BCUT2D eigenvalue weighted by Gasteiger charge is -2.39. The summed E-state index contributed by atoms with van der Waals surface area (Å²) in [4.78, 5) is 33.8. The number of benzene rings is 2. The second-order valence-electron chi connectivity index (χ2n) is 8.29. The Balaban J connectivity index is 1.40. The largest absolute Gasteiger partial charge is 0.388 e. The van der Waals surface area contributed by atoms with Gasteiger partial charge in [0.15, 0.2) is 0 Å². The molecule has 7 nitrogen and oxygen atoms in total. The summed E-state index contributed by atoms with van der Waals surface area (Å²) < 4.78 is 1.45. The van der Waals surface area contributed by atoms with Crippen molar-refractivity contribution in [1.29, 1.82) is 0 Å². The number of rotatable bonds is 6. The molecule has 168 valence electrons. The minimum absolute atomic E-state index is 0.0409. The number of likely N-dealkylation sites (tertiary alicyclic amines) is 1. The highest BCUT2D eigenvalue weighted by Gasteiger charge is 2.35. The minimum Gasteiger partial charge on any atom is -0.388 e. The standard InChI is InChI=1S/C24H27ClN4O3/c1-2-27(19-6-4-3-5-7-19)15-22(30)28-12-10-24(32,11-13-28)16-29-17-26-21-14-18(25)8-9-20(21)23(29)31/h3-9,14,17,32H,2,10-13,15-16H2,1H3. The Morgan fingerprint density at radius 2 is 1.91 bits per heavy atom. The highest BCUT2D eigenvalue weighted by atomic mass is 35.5. The zero-order valence-electron chi connectivity index (χ0n) is 18.1. The molecule has 0 spiro atoms. The smallest absolute Gasteiger partial charge is 0.261 e. The van der Waals surface area contributed by atoms with Gasteiger partial charge in [0.2, 0.25) is 5.91 Å². The first kappa shape index (κ1) is 22.3. The van der Waals surface area contributed by atoms with Gasteiger partial charge in [-0.05, 0) is 50.1 Å². The summed E-state index contributed by atoms with van der Waals surface area (Å²) in [5, 5.41) is 12.1. The van der Waals surface area contributed by atoms with Crippen LogP contribution in [0.5, 0.6) is 0 Å². The molecule has 0 bridgehead atoms. The molecule has 8 heteroatoms. The molecular weight excluding hydrogens is 428 g/mol. The van der Waals surface area contributed by atoms with Crippen LogP contribution in [0.25, 0.3) is 10.9 Å². The summed E-state index contributed by atoms with van der Waals surface area (Å²) in [5.74, 6) is 0.0409. The monoisotopic (exact) mass is 454 g/mol. The fourth-order valence-electron chi connectivity index (χ4n) is 4.18. The van der Waals surface area contributed by atoms with Crippen LogP contribution in [0, 0.1) is 0 Å². The molecule has 4 rings (SSSR count). The first-order valence-corrected chi connectivity index (χ1v) is 11.2. The number of hydrogen-bond donors (Lipinski definition) is 1. The van der Waals surface area contributed by atoms with Crippen LogP contribution >= 0.6 is 11.6 Å². The first-order valence-electron chi connectivity index (χ1n) is 10.8. The number of para-hydroxylation sites is 1. The average Bonchev–Trinajstić information content (AvgIpc) is 2.80. The fourth-order valence-corrected chi connectivity index (χ4v) is 4.35. The van der Waals surface area contributed by atoms with Gasteiger partial charge in [-0.1, -0.05) is 29.8 Å². The summed E-state index contributed by atoms with van der Waals surface area (Å²) >= 11 is 5.98. The van der Waals surface area contributed by atoms with E-state index in [9.17, 15) is 14.7 Å². The third-order valence-corrected chi connectivity index (χ3v) is 6.36. The van der Waals surface area contributed by atoms with Gasteiger partial charge in [-0.15, -0.1) is 0 Å². The maximum absolute atomic E-state index is 12.9. The highest BCUT2D eigenvalue weighted by molar-refractivity contribution is 6.31. The van der Waals surface area contributed by atoms with Crippen molar-refractivity contribution in [2.24, 2.45) is 0 Å². The minimum atomic E-state index is -1.06. The molecule has 0 saturated carbocycles. The molecule has 0 unspecified atom stereocenters. The van der Waals surface area contributed by atoms with Gasteiger partial charge < -0.3 is 14.9 Å². The number of amides is 1. The van der Waals surface area contributed by atoms with Crippen molar-refractivity contribution >= 4 is 34.1 Å². The number of carbonyl (C=O) groups is 1. The first-order chi connectivity index (χ1) is 15.4. The number of piperidine rings is 1. The van der Waals surface area contributed by atoms with E-state index >= 15 is 0 Å². The van der Waals surface area contributed by atoms with Gasteiger partial charge in [-0.3, -0.25) is 14.2 Å². The van der Waals surface area contributed by atoms with Gasteiger partial charge in [0.05, 0.1) is 35.9 Å². The molecule has 1 fully saturated rings. The molecule has 1 N–H and O–H groups in total. The van der Waals surface area contributed by atoms with Crippen LogP contribution in [0.1, 0.15) is 19.8 Å². The van der Waals surface area contributed by atoms with E-state index in [4.69, 9.17) is 11.6 Å². The molecular formula is C24H27ClN4O3. The van der Waals surface area contributed by atoms with Gasteiger partial charge in [-0.2, -0.15) is 0 Å². The lowest BCUT2D eigenvalue weighted by atomic mass is 9.91. The van der Waals surface area contributed by atoms with Crippen molar-refractivity contribution in [3.05, 3.63) is 70.2 Å². The van der Waals surface area contributed by atoms with E-state index in [2.05, 4.69) is 4.98 Å². The van der Waals surface area contributed by atoms with Crippen LogP contribution in [0.2, 0.25) is 5.02 Å². The predicted molar refractivity (Wildman–Crippen MR) is 126 cm³/mol. The maximum atomic E-state index is 12.9. The maximum Gasteiger partial charge on any atom is 0.261 e. The quantitative estimate of drug-likeness (QED) is 0.619. The van der Waals surface area contributed by atoms with Gasteiger partial charge in [-0.25, -0.2) is 4.98 Å². The van der Waals surface area contributed by atoms with Crippen LogP contribution < -0.4 is 10.5 Å². The van der Waals surface area contributed by atoms with Crippen LogP contribution in [0.4, 0.5) is 5.69 Å². The average molecular weight is 455 g/mol. The normalized spacial score (nSPS) is 15.7. The molecule has 2 heterocycles. The number of nitrogens with zero attached hydrogens (tertiary/aromatic N) is 4. The summed E-state index contributed by atoms with van der Waals surface area (Å²) in [7, 11) is 0. The number of carbonyl (C=O) groups excluding carboxylic acids is 1. The zero-order valence-corrected chi connectivity index (χ0v) is 18.8. The zero-order chi connectivity index (χ0) is 22.7. The number of anilines is 1. The van der Waals surface area contributed by atoms with Gasteiger partial charge in [0, 0.05) is 30.3 Å². The van der Waals surface area contributed by atoms with E-state index in [1.165, 1.54) is 10.9 Å². The highest BCUT2D eigenvalue weighted by Crippen LogP contribution is 2.25. The van der Waals surface area contributed by atoms with Crippen molar-refractivity contribution in [2.75, 3.05) is 31.1 Å². The third kappa shape index (κ3) is 4.79. The molecule has 0 aliphatic carbocycles. The summed E-state index contributed by atoms with van der Waals surface area (Å²) in [5.41, 5.74) is 0.276. The van der Waals surface area contributed by atoms with Crippen molar-refractivity contribution in [3.63, 3.8) is 0 Å². The molecule has 2 aromatic carbocycles. The Morgan fingerprint density at radius 3 is 2.59 bits per heavy atom. The second-order valence-corrected chi connectivity index (χ2v) is 8.73. The topological polar surface area (TPSA) is 78.7 Å². The Bertz CT molecular complexity index is 1160. The van der Waals surface area contributed by atoms with Gasteiger partial charge in [0.25, 0.3) is 5.56 Å². The Morgan fingerprint density at radius 1 is 1.19 bits per heavy atom. The van der Waals surface area contributed by atoms with Crippen molar-refractivity contribution < 1.29 is 9.90 Å². The molecule has 1 saturated heterocycles. The number of aliphatic hydroxyl groups is 1. The van der Waals surface area contributed by atoms with Crippen molar-refractivity contribution in [2.45, 2.75) is 31.9 Å². The number of aromatic nitrogens is 2. The van der Waals surface area contributed by atoms with Crippen molar-refractivity contribution in [1.82, 2.24) is 14.5 Å². The molecule has 32 heavy (non-hydrogen) atoms. The molecule has 1 aromatic heterocycles. The SMILES string of the molecule is CCN(CC(=O)N1CCC(O)(Cn2cnc3cc(Cl)ccc3c2=O)CC1)c1ccccc1. The number of fused-ring (bicyclic) bond motifs is 1. The van der Waals surface area contributed by atoms with E-state index in [-0.39, 0.29) is 18.0 Å². The Hall–Kier alpha value is -2.90. The fraction of sp³-hybridized carbons (Fsp3) is 0.375. The van der Waals surface area contributed by atoms with E-state index in [0.29, 0.717) is 48.4 Å². The van der Waals surface area contributed by atoms with Crippen molar-refractivity contribution in [3.8, 4) is 0 Å². The molecule has 3 aromatic rings. The van der Waals surface area contributed by atoms with Crippen LogP contribution in [-0.2, 0) is 11.3 Å². The Kier molecular flexibility index (Phi) is 6.48.